The minimum absolute atomic E-state index is 0.273. The number of halogens is 1. The Bertz CT molecular complexity index is 1610. The highest BCUT2D eigenvalue weighted by Gasteiger charge is 2.40. The number of benzene rings is 4. The zero-order valence-electron chi connectivity index (χ0n) is 20.6. The van der Waals surface area contributed by atoms with Crippen molar-refractivity contribution in [2.24, 2.45) is 0 Å². The van der Waals surface area contributed by atoms with Crippen molar-refractivity contribution >= 4 is 29.0 Å². The average molecular weight is 497 g/mol. The Balaban J connectivity index is 1.69. The third kappa shape index (κ3) is 4.04. The number of aromatic nitrogens is 3. The molecule has 0 saturated heterocycles. The molecule has 5 heteroatoms. The number of pyridine rings is 1. The molecule has 0 spiro atoms. The van der Waals surface area contributed by atoms with Gasteiger partial charge in [-0.25, -0.2) is 14.1 Å². The maximum atomic E-state index is 13.5. The Hall–Kier alpha value is -5.03. The van der Waals surface area contributed by atoms with Crippen LogP contribution < -0.4 is 5.73 Å². The Labute approximate surface area is 220 Å². The number of hydrogen-bond donors (Lipinski definition) is 1. The maximum absolute atomic E-state index is 13.5. The lowest BCUT2D eigenvalue weighted by molar-refractivity contribution is 0.475. The van der Waals surface area contributed by atoms with Crippen LogP contribution in [0.5, 0.6) is 0 Å². The number of anilines is 1. The minimum atomic E-state index is -0.790. The summed E-state index contributed by atoms with van der Waals surface area (Å²) in [5, 5.41) is 5.20. The van der Waals surface area contributed by atoms with Gasteiger partial charge in [-0.3, -0.25) is 0 Å². The van der Waals surface area contributed by atoms with Crippen molar-refractivity contribution < 1.29 is 4.39 Å². The first-order chi connectivity index (χ1) is 18.7. The van der Waals surface area contributed by atoms with Gasteiger partial charge in [-0.15, -0.1) is 0 Å². The number of fused-ring (bicyclic) bond motifs is 1. The Kier molecular flexibility index (Phi) is 6.02. The van der Waals surface area contributed by atoms with Crippen molar-refractivity contribution in [3.05, 3.63) is 161 Å². The van der Waals surface area contributed by atoms with Crippen molar-refractivity contribution in [3.63, 3.8) is 0 Å². The van der Waals surface area contributed by atoms with Gasteiger partial charge in [-0.05, 0) is 52.6 Å². The van der Waals surface area contributed by atoms with Crippen molar-refractivity contribution in [3.8, 4) is 0 Å². The van der Waals surface area contributed by atoms with Gasteiger partial charge in [0.05, 0.1) is 5.52 Å². The third-order valence-corrected chi connectivity index (χ3v) is 6.77. The van der Waals surface area contributed by atoms with E-state index in [1.165, 1.54) is 12.1 Å². The zero-order valence-corrected chi connectivity index (χ0v) is 20.6. The predicted molar refractivity (Wildman–Crippen MR) is 152 cm³/mol. The molecule has 6 rings (SSSR count). The molecule has 0 unspecified atom stereocenters. The molecular weight excluding hydrogens is 471 g/mol. The molecular formula is C33H25FN4. The summed E-state index contributed by atoms with van der Waals surface area (Å²) in [5.74, 6) is 0.142. The molecule has 184 valence electrons. The van der Waals surface area contributed by atoms with Crippen molar-refractivity contribution in [1.82, 2.24) is 14.8 Å². The maximum Gasteiger partial charge on any atom is 0.138 e. The predicted octanol–water partition coefficient (Wildman–Crippen LogP) is 7.16. The van der Waals surface area contributed by atoms with Gasteiger partial charge in [-0.1, -0.05) is 109 Å². The molecule has 38 heavy (non-hydrogen) atoms. The van der Waals surface area contributed by atoms with Crippen LogP contribution in [-0.2, 0) is 5.54 Å². The van der Waals surface area contributed by atoms with Gasteiger partial charge in [0.25, 0.3) is 0 Å². The fourth-order valence-corrected chi connectivity index (χ4v) is 5.06. The van der Waals surface area contributed by atoms with Crippen LogP contribution in [0.25, 0.3) is 23.2 Å². The molecule has 2 heterocycles. The normalized spacial score (nSPS) is 11.8. The SMILES string of the molecule is Nc1ccc2c(n1)c(/C=C/c1ccc(F)cc1)nn2C(c1ccccc1)(c1ccccc1)c1ccccc1. The quantitative estimate of drug-likeness (QED) is 0.249. The molecule has 6 aromatic rings. The van der Waals surface area contributed by atoms with Crippen LogP contribution in [0, 0.1) is 5.82 Å². The van der Waals surface area contributed by atoms with Gasteiger partial charge < -0.3 is 5.73 Å². The second kappa shape index (κ2) is 9.79. The summed E-state index contributed by atoms with van der Waals surface area (Å²) in [7, 11) is 0. The molecule has 0 fully saturated rings. The molecule has 4 aromatic carbocycles. The fraction of sp³-hybridized carbons (Fsp3) is 0.0303. The van der Waals surface area contributed by atoms with E-state index in [4.69, 9.17) is 15.8 Å². The first-order valence-electron chi connectivity index (χ1n) is 12.4. The largest absolute Gasteiger partial charge is 0.384 e. The number of nitrogen functional groups attached to an aromatic ring is 1. The third-order valence-electron chi connectivity index (χ3n) is 6.77. The molecule has 0 bridgehead atoms. The Morgan fingerprint density at radius 2 is 1.16 bits per heavy atom. The summed E-state index contributed by atoms with van der Waals surface area (Å²) in [6, 6.07) is 41.3. The molecule has 0 aliphatic carbocycles. The lowest BCUT2D eigenvalue weighted by Crippen LogP contribution is -2.38. The summed E-state index contributed by atoms with van der Waals surface area (Å²) in [6.45, 7) is 0. The van der Waals surface area contributed by atoms with Gasteiger partial charge in [0.15, 0.2) is 0 Å². The molecule has 0 aliphatic rings. The molecule has 0 radical (unpaired) electrons. The van der Waals surface area contributed by atoms with Crippen molar-refractivity contribution in [2.75, 3.05) is 5.73 Å². The monoisotopic (exact) mass is 496 g/mol. The van der Waals surface area contributed by atoms with Crippen LogP contribution in [0.2, 0.25) is 0 Å². The second-order valence-corrected chi connectivity index (χ2v) is 9.09. The smallest absolute Gasteiger partial charge is 0.138 e. The van der Waals surface area contributed by atoms with Gasteiger partial charge in [0.1, 0.15) is 28.4 Å². The summed E-state index contributed by atoms with van der Waals surface area (Å²) in [6.07, 6.45) is 3.82. The molecule has 4 nitrogen and oxygen atoms in total. The number of rotatable bonds is 6. The lowest BCUT2D eigenvalue weighted by Gasteiger charge is -2.36. The van der Waals surface area contributed by atoms with E-state index in [-0.39, 0.29) is 5.82 Å². The second-order valence-electron chi connectivity index (χ2n) is 9.09. The van der Waals surface area contributed by atoms with E-state index < -0.39 is 5.54 Å². The summed E-state index contributed by atoms with van der Waals surface area (Å²) in [4.78, 5) is 4.70. The van der Waals surface area contributed by atoms with E-state index in [0.29, 0.717) is 17.0 Å². The van der Waals surface area contributed by atoms with Crippen LogP contribution >= 0.6 is 0 Å². The Morgan fingerprint density at radius 1 is 0.632 bits per heavy atom. The van der Waals surface area contributed by atoms with E-state index in [1.807, 2.05) is 72.8 Å². The molecule has 0 saturated carbocycles. The number of hydrogen-bond acceptors (Lipinski definition) is 3. The van der Waals surface area contributed by atoms with Crippen LogP contribution in [0.4, 0.5) is 10.2 Å². The van der Waals surface area contributed by atoms with E-state index in [1.54, 1.807) is 18.2 Å². The lowest BCUT2D eigenvalue weighted by atomic mass is 9.77. The van der Waals surface area contributed by atoms with Gasteiger partial charge in [0, 0.05) is 0 Å². The fourth-order valence-electron chi connectivity index (χ4n) is 5.06. The molecule has 0 aliphatic heterocycles. The molecule has 0 amide bonds. The first-order valence-corrected chi connectivity index (χ1v) is 12.4. The summed E-state index contributed by atoms with van der Waals surface area (Å²) in [5.41, 5.74) is 11.6. The first kappa shape index (κ1) is 23.4. The topological polar surface area (TPSA) is 56.7 Å². The summed E-state index contributed by atoms with van der Waals surface area (Å²) >= 11 is 0. The molecule has 2 N–H and O–H groups in total. The number of nitrogens with zero attached hydrogens (tertiary/aromatic N) is 3. The number of nitrogens with two attached hydrogens (primary N) is 1. The van der Waals surface area contributed by atoms with Gasteiger partial charge in [-0.2, -0.15) is 5.10 Å². The van der Waals surface area contributed by atoms with E-state index in [2.05, 4.69) is 41.1 Å². The van der Waals surface area contributed by atoms with E-state index in [0.717, 1.165) is 27.8 Å². The van der Waals surface area contributed by atoms with E-state index in [9.17, 15) is 4.39 Å². The van der Waals surface area contributed by atoms with Crippen LogP contribution in [0.3, 0.4) is 0 Å². The summed E-state index contributed by atoms with van der Waals surface area (Å²) < 4.78 is 15.5. The highest BCUT2D eigenvalue weighted by atomic mass is 19.1. The standard InChI is InChI=1S/C33H25FN4/c34-28-19-16-24(17-20-28)18-21-29-32-30(22-23-31(35)36-32)38(37-29)33(25-10-4-1-5-11-25,26-12-6-2-7-13-26)27-14-8-3-9-15-27/h1-23H,(H2,35,36)/b21-18+. The van der Waals surface area contributed by atoms with Gasteiger partial charge >= 0.3 is 0 Å². The van der Waals surface area contributed by atoms with Crippen LogP contribution in [0.1, 0.15) is 27.9 Å². The van der Waals surface area contributed by atoms with Crippen molar-refractivity contribution in [2.45, 2.75) is 5.54 Å². The van der Waals surface area contributed by atoms with Crippen LogP contribution in [0.15, 0.2) is 127 Å². The average Bonchev–Trinajstić information content (AvgIpc) is 3.32. The molecule has 0 atom stereocenters. The molecule has 2 aromatic heterocycles. The van der Waals surface area contributed by atoms with Crippen molar-refractivity contribution in [1.29, 1.82) is 0 Å². The highest BCUT2D eigenvalue weighted by molar-refractivity contribution is 5.88. The van der Waals surface area contributed by atoms with Gasteiger partial charge in [0.2, 0.25) is 0 Å². The Morgan fingerprint density at radius 3 is 1.68 bits per heavy atom. The zero-order chi connectivity index (χ0) is 26.0. The van der Waals surface area contributed by atoms with E-state index >= 15 is 0 Å². The van der Waals surface area contributed by atoms with Crippen LogP contribution in [-0.4, -0.2) is 14.8 Å². The highest BCUT2D eigenvalue weighted by Crippen LogP contribution is 2.42. The minimum Gasteiger partial charge on any atom is -0.384 e.